The Bertz CT molecular complexity index is 954. The molecule has 0 heterocycles. The first kappa shape index (κ1) is 21.6. The van der Waals surface area contributed by atoms with Crippen LogP contribution in [0.25, 0.3) is 0 Å². The van der Waals surface area contributed by atoms with Crippen LogP contribution in [-0.4, -0.2) is 27.0 Å². The van der Waals surface area contributed by atoms with E-state index >= 15 is 0 Å². The van der Waals surface area contributed by atoms with E-state index in [1.165, 1.54) is 30.3 Å². The lowest BCUT2D eigenvalue weighted by Gasteiger charge is -2.23. The van der Waals surface area contributed by atoms with Crippen LogP contribution >= 0.6 is 0 Å². The fraction of sp³-hybridized carbons (Fsp3) is 0.235. The topological polar surface area (TPSA) is 78.5 Å². The van der Waals surface area contributed by atoms with E-state index in [9.17, 15) is 30.8 Å². The Kier molecular flexibility index (Phi) is 6.97. The Balaban J connectivity index is 2.16. The van der Waals surface area contributed by atoms with Gasteiger partial charge in [-0.3, -0.25) is 14.5 Å². The molecule has 2 aromatic carbocycles. The van der Waals surface area contributed by atoms with Gasteiger partial charge in [0.2, 0.25) is 10.0 Å². The standard InChI is InChI=1S/C17H17F4N3O3S/c1-28(26,27)24(15-5-3-2-4-13(15)18)10-12-7-6-11(8-14(12)19)9-22-23-17(25)16(20)21/h2-8,16,22H,9-10H2,1H3,(H,23,25). The Hall–Kier alpha value is -2.66. The molecule has 2 rings (SSSR count). The maximum absolute atomic E-state index is 14.4. The fourth-order valence-corrected chi connectivity index (χ4v) is 3.19. The lowest BCUT2D eigenvalue weighted by molar-refractivity contribution is -0.132. The lowest BCUT2D eigenvalue weighted by Crippen LogP contribution is -2.40. The van der Waals surface area contributed by atoms with Crippen LogP contribution in [0.1, 0.15) is 11.1 Å². The molecule has 0 aromatic heterocycles. The van der Waals surface area contributed by atoms with E-state index in [-0.39, 0.29) is 17.8 Å². The van der Waals surface area contributed by atoms with Crippen molar-refractivity contribution in [2.24, 2.45) is 0 Å². The number of carbonyl (C=O) groups excluding carboxylic acids is 1. The quantitative estimate of drug-likeness (QED) is 0.509. The first-order chi connectivity index (χ1) is 13.1. The smallest absolute Gasteiger partial charge is 0.286 e. The Morgan fingerprint density at radius 2 is 1.79 bits per heavy atom. The van der Waals surface area contributed by atoms with Gasteiger partial charge in [-0.25, -0.2) is 22.6 Å². The Morgan fingerprint density at radius 1 is 1.11 bits per heavy atom. The van der Waals surface area contributed by atoms with E-state index in [1.54, 1.807) is 5.43 Å². The summed E-state index contributed by atoms with van der Waals surface area (Å²) >= 11 is 0. The van der Waals surface area contributed by atoms with Gasteiger partial charge in [-0.05, 0) is 23.8 Å². The largest absolute Gasteiger partial charge is 0.316 e. The molecular weight excluding hydrogens is 402 g/mol. The van der Waals surface area contributed by atoms with Gasteiger partial charge in [-0.2, -0.15) is 8.78 Å². The number of hydrogen-bond donors (Lipinski definition) is 2. The number of anilines is 1. The van der Waals surface area contributed by atoms with E-state index in [1.807, 2.05) is 0 Å². The summed E-state index contributed by atoms with van der Waals surface area (Å²) in [6.07, 6.45) is -2.31. The molecule has 0 saturated heterocycles. The SMILES string of the molecule is CS(=O)(=O)N(Cc1ccc(CNNC(=O)C(F)F)cc1F)c1ccccc1F. The molecule has 0 spiro atoms. The summed E-state index contributed by atoms with van der Waals surface area (Å²) in [4.78, 5) is 10.7. The van der Waals surface area contributed by atoms with Crippen LogP contribution in [0.3, 0.4) is 0 Å². The van der Waals surface area contributed by atoms with E-state index in [0.717, 1.165) is 22.7 Å². The van der Waals surface area contributed by atoms with Crippen LogP contribution in [0, 0.1) is 11.6 Å². The maximum atomic E-state index is 14.4. The summed E-state index contributed by atoms with van der Waals surface area (Å²) < 4.78 is 77.4. The highest BCUT2D eigenvalue weighted by Gasteiger charge is 2.22. The second kappa shape index (κ2) is 9.02. The zero-order chi connectivity index (χ0) is 20.9. The number of nitrogens with zero attached hydrogens (tertiary/aromatic N) is 1. The first-order valence-corrected chi connectivity index (χ1v) is 9.75. The molecule has 2 aromatic rings. The van der Waals surface area contributed by atoms with Gasteiger partial charge in [0.05, 0.1) is 18.5 Å². The second-order valence-corrected chi connectivity index (χ2v) is 7.70. The van der Waals surface area contributed by atoms with Gasteiger partial charge >= 0.3 is 12.3 Å². The van der Waals surface area contributed by atoms with Crippen molar-refractivity contribution < 1.29 is 30.8 Å². The van der Waals surface area contributed by atoms with Gasteiger partial charge in [0.25, 0.3) is 0 Å². The molecule has 152 valence electrons. The molecule has 0 aliphatic carbocycles. The van der Waals surface area contributed by atoms with Crippen molar-refractivity contribution in [1.29, 1.82) is 0 Å². The van der Waals surface area contributed by atoms with Crippen molar-refractivity contribution in [3.63, 3.8) is 0 Å². The summed E-state index contributed by atoms with van der Waals surface area (Å²) in [5.74, 6) is -3.07. The molecule has 0 radical (unpaired) electrons. The molecule has 0 aliphatic rings. The van der Waals surface area contributed by atoms with Crippen molar-refractivity contribution in [2.45, 2.75) is 19.5 Å². The molecule has 1 amide bonds. The van der Waals surface area contributed by atoms with Crippen molar-refractivity contribution in [3.8, 4) is 0 Å². The number of nitrogens with one attached hydrogen (secondary N) is 2. The molecule has 2 N–H and O–H groups in total. The van der Waals surface area contributed by atoms with Crippen molar-refractivity contribution >= 4 is 21.6 Å². The number of amides is 1. The Morgan fingerprint density at radius 3 is 2.36 bits per heavy atom. The molecule has 0 unspecified atom stereocenters. The molecule has 0 fully saturated rings. The van der Waals surface area contributed by atoms with Crippen LogP contribution in [0.5, 0.6) is 0 Å². The van der Waals surface area contributed by atoms with Gasteiger partial charge in [-0.15, -0.1) is 0 Å². The molecule has 0 saturated carbocycles. The van der Waals surface area contributed by atoms with Crippen LogP contribution in [0.15, 0.2) is 42.5 Å². The van der Waals surface area contributed by atoms with E-state index in [2.05, 4.69) is 5.43 Å². The lowest BCUT2D eigenvalue weighted by atomic mass is 10.1. The third kappa shape index (κ3) is 5.67. The fourth-order valence-electron chi connectivity index (χ4n) is 2.31. The van der Waals surface area contributed by atoms with E-state index in [4.69, 9.17) is 0 Å². The predicted octanol–water partition coefficient (Wildman–Crippen LogP) is 2.32. The minimum atomic E-state index is -3.90. The summed E-state index contributed by atoms with van der Waals surface area (Å²) in [6, 6.07) is 8.97. The molecular formula is C17H17F4N3O3S. The van der Waals surface area contributed by atoms with Crippen LogP contribution in [-0.2, 0) is 27.9 Å². The van der Waals surface area contributed by atoms with Gasteiger partial charge in [-0.1, -0.05) is 24.3 Å². The third-order valence-electron chi connectivity index (χ3n) is 3.66. The number of para-hydroxylation sites is 1. The van der Waals surface area contributed by atoms with Crippen LogP contribution in [0.4, 0.5) is 23.2 Å². The van der Waals surface area contributed by atoms with Crippen LogP contribution < -0.4 is 15.2 Å². The monoisotopic (exact) mass is 419 g/mol. The minimum absolute atomic E-state index is 0.0194. The van der Waals surface area contributed by atoms with Gasteiger partial charge in [0, 0.05) is 12.1 Å². The number of benzene rings is 2. The summed E-state index contributed by atoms with van der Waals surface area (Å²) in [6.45, 7) is -0.583. The zero-order valence-corrected chi connectivity index (χ0v) is 15.4. The van der Waals surface area contributed by atoms with Gasteiger partial charge in [0.15, 0.2) is 0 Å². The first-order valence-electron chi connectivity index (χ1n) is 7.90. The average molecular weight is 419 g/mol. The summed E-state index contributed by atoms with van der Waals surface area (Å²) in [5.41, 5.74) is 4.06. The van der Waals surface area contributed by atoms with Crippen molar-refractivity contribution in [2.75, 3.05) is 10.6 Å². The predicted molar refractivity (Wildman–Crippen MR) is 94.8 cm³/mol. The Labute approximate surface area is 159 Å². The van der Waals surface area contributed by atoms with Gasteiger partial charge in [0.1, 0.15) is 11.6 Å². The van der Waals surface area contributed by atoms with Gasteiger partial charge < -0.3 is 0 Å². The zero-order valence-electron chi connectivity index (χ0n) is 14.6. The highest BCUT2D eigenvalue weighted by Crippen LogP contribution is 2.24. The highest BCUT2D eigenvalue weighted by molar-refractivity contribution is 7.92. The van der Waals surface area contributed by atoms with E-state index in [0.29, 0.717) is 5.56 Å². The number of rotatable bonds is 8. The number of alkyl halides is 2. The van der Waals surface area contributed by atoms with Crippen LogP contribution in [0.2, 0.25) is 0 Å². The number of hydrazine groups is 1. The second-order valence-electron chi connectivity index (χ2n) is 5.79. The van der Waals surface area contributed by atoms with Crippen molar-refractivity contribution in [1.82, 2.24) is 10.9 Å². The summed E-state index contributed by atoms with van der Waals surface area (Å²) in [7, 11) is -3.90. The number of sulfonamides is 1. The molecule has 6 nitrogen and oxygen atoms in total. The molecule has 0 atom stereocenters. The normalized spacial score (nSPS) is 11.5. The number of hydrogen-bond acceptors (Lipinski definition) is 4. The van der Waals surface area contributed by atoms with Crippen molar-refractivity contribution in [3.05, 3.63) is 65.2 Å². The molecule has 0 aliphatic heterocycles. The number of carbonyl (C=O) groups is 1. The summed E-state index contributed by atoms with van der Waals surface area (Å²) in [5, 5.41) is 0. The molecule has 0 bridgehead atoms. The molecule has 28 heavy (non-hydrogen) atoms. The number of halogens is 4. The average Bonchev–Trinajstić information content (AvgIpc) is 2.60. The molecule has 11 heteroatoms. The minimum Gasteiger partial charge on any atom is -0.286 e. The maximum Gasteiger partial charge on any atom is 0.316 e. The third-order valence-corrected chi connectivity index (χ3v) is 4.78. The highest BCUT2D eigenvalue weighted by atomic mass is 32.2. The van der Waals surface area contributed by atoms with E-state index < -0.39 is 40.5 Å².